The number of hydrogen-bond donors (Lipinski definition) is 2. The molecule has 2 aliphatic rings. The van der Waals surface area contributed by atoms with Crippen molar-refractivity contribution >= 4 is 10.9 Å². The van der Waals surface area contributed by atoms with Gasteiger partial charge in [-0.05, 0) is 37.3 Å². The Morgan fingerprint density at radius 2 is 2.05 bits per heavy atom. The van der Waals surface area contributed by atoms with Gasteiger partial charge in [0.2, 0.25) is 0 Å². The third-order valence-electron chi connectivity index (χ3n) is 4.66. The van der Waals surface area contributed by atoms with E-state index in [2.05, 4.69) is 28.6 Å². The highest BCUT2D eigenvalue weighted by molar-refractivity contribution is 5.78. The molecule has 4 nitrogen and oxygen atoms in total. The lowest BCUT2D eigenvalue weighted by Gasteiger charge is -2.37. The summed E-state index contributed by atoms with van der Waals surface area (Å²) in [5.41, 5.74) is 1.32. The smallest absolute Gasteiger partial charge is 0.0927 e. The van der Waals surface area contributed by atoms with E-state index >= 15 is 0 Å². The Balaban J connectivity index is 1.76. The fraction of sp³-hybridized carbons (Fsp3) is 0.533. The number of rotatable bonds is 1. The van der Waals surface area contributed by atoms with Crippen LogP contribution in [0.25, 0.3) is 10.9 Å². The number of aromatic nitrogens is 2. The molecule has 2 aromatic rings. The van der Waals surface area contributed by atoms with E-state index in [1.54, 1.807) is 0 Å². The summed E-state index contributed by atoms with van der Waals surface area (Å²) in [6, 6.07) is 7.14. The minimum Gasteiger partial charge on any atom is -0.385 e. The average Bonchev–Trinajstić information content (AvgIpc) is 2.90. The van der Waals surface area contributed by atoms with E-state index in [9.17, 15) is 5.11 Å². The Hall–Kier alpha value is -1.39. The molecule has 0 spiro atoms. The summed E-state index contributed by atoms with van der Waals surface area (Å²) in [5, 5.41) is 20.2. The van der Waals surface area contributed by atoms with Gasteiger partial charge in [-0.25, -0.2) is 0 Å². The summed E-state index contributed by atoms with van der Waals surface area (Å²) in [7, 11) is 1.93. The topological polar surface area (TPSA) is 50.1 Å². The second-order valence-corrected chi connectivity index (χ2v) is 6.15. The molecule has 100 valence electrons. The fourth-order valence-electron chi connectivity index (χ4n) is 3.79. The molecule has 4 heteroatoms. The van der Waals surface area contributed by atoms with Gasteiger partial charge in [-0.2, -0.15) is 5.10 Å². The van der Waals surface area contributed by atoms with Gasteiger partial charge in [-0.15, -0.1) is 0 Å². The predicted octanol–water partition coefficient (Wildman–Crippen LogP) is 1.68. The maximum absolute atomic E-state index is 11.0. The molecular weight excluding hydrogens is 238 g/mol. The van der Waals surface area contributed by atoms with Crippen LogP contribution in [0.1, 0.15) is 31.2 Å². The Morgan fingerprint density at radius 1 is 1.32 bits per heavy atom. The first kappa shape index (κ1) is 11.4. The molecule has 2 saturated heterocycles. The minimum atomic E-state index is -0.678. The van der Waals surface area contributed by atoms with Crippen molar-refractivity contribution in [3.05, 3.63) is 30.0 Å². The standard InChI is InChI=1S/C15H19N3O/c1-18-9-10-2-3-11(6-14(10)17-18)15(19)7-12-4-5-13(8-15)16-12/h2-3,6,9,12-13,16,19H,4-5,7-8H2,1H3. The maximum Gasteiger partial charge on any atom is 0.0927 e. The third kappa shape index (κ3) is 1.78. The number of hydrogen-bond acceptors (Lipinski definition) is 3. The second kappa shape index (κ2) is 3.81. The number of fused-ring (bicyclic) bond motifs is 3. The van der Waals surface area contributed by atoms with Gasteiger partial charge in [0, 0.05) is 30.7 Å². The summed E-state index contributed by atoms with van der Waals surface area (Å²) in [5.74, 6) is 0. The molecule has 2 atom stereocenters. The number of piperidine rings is 1. The van der Waals surface area contributed by atoms with Crippen LogP contribution in [0.4, 0.5) is 0 Å². The lowest BCUT2D eigenvalue weighted by atomic mass is 9.81. The minimum absolute atomic E-state index is 0.475. The third-order valence-corrected chi connectivity index (χ3v) is 4.66. The van der Waals surface area contributed by atoms with Crippen molar-refractivity contribution < 1.29 is 5.11 Å². The van der Waals surface area contributed by atoms with Crippen LogP contribution < -0.4 is 5.32 Å². The number of nitrogens with one attached hydrogen (secondary N) is 1. The largest absolute Gasteiger partial charge is 0.385 e. The molecule has 4 rings (SSSR count). The first-order chi connectivity index (χ1) is 9.12. The van der Waals surface area contributed by atoms with E-state index < -0.39 is 5.60 Å². The van der Waals surface area contributed by atoms with Gasteiger partial charge in [0.05, 0.1) is 11.1 Å². The summed E-state index contributed by atoms with van der Waals surface area (Å²) in [4.78, 5) is 0. The predicted molar refractivity (Wildman–Crippen MR) is 73.8 cm³/mol. The van der Waals surface area contributed by atoms with Crippen molar-refractivity contribution in [1.82, 2.24) is 15.1 Å². The van der Waals surface area contributed by atoms with Crippen LogP contribution in [0.3, 0.4) is 0 Å². The lowest BCUT2D eigenvalue weighted by Crippen LogP contribution is -2.46. The molecule has 2 bridgehead atoms. The van der Waals surface area contributed by atoms with Gasteiger partial charge in [0.25, 0.3) is 0 Å². The molecule has 2 aliphatic heterocycles. The zero-order valence-corrected chi connectivity index (χ0v) is 11.1. The van der Waals surface area contributed by atoms with Gasteiger partial charge < -0.3 is 10.4 Å². The van der Waals surface area contributed by atoms with Crippen molar-refractivity contribution in [2.75, 3.05) is 0 Å². The van der Waals surface area contributed by atoms with E-state index in [4.69, 9.17) is 0 Å². The highest BCUT2D eigenvalue weighted by Crippen LogP contribution is 2.41. The number of nitrogens with zero attached hydrogens (tertiary/aromatic N) is 2. The zero-order chi connectivity index (χ0) is 13.0. The lowest BCUT2D eigenvalue weighted by molar-refractivity contribution is -0.0113. The Kier molecular flexibility index (Phi) is 2.29. The van der Waals surface area contributed by atoms with Crippen LogP contribution >= 0.6 is 0 Å². The number of aliphatic hydroxyl groups is 1. The van der Waals surface area contributed by atoms with Gasteiger partial charge in [0.1, 0.15) is 0 Å². The summed E-state index contributed by atoms with van der Waals surface area (Å²) in [6.45, 7) is 0. The highest BCUT2D eigenvalue weighted by Gasteiger charge is 2.43. The number of benzene rings is 1. The van der Waals surface area contributed by atoms with Crippen molar-refractivity contribution in [3.63, 3.8) is 0 Å². The highest BCUT2D eigenvalue weighted by atomic mass is 16.3. The molecule has 0 aliphatic carbocycles. The van der Waals surface area contributed by atoms with Crippen LogP contribution in [-0.2, 0) is 12.6 Å². The molecule has 2 fully saturated rings. The molecular formula is C15H19N3O. The monoisotopic (exact) mass is 257 g/mol. The van der Waals surface area contributed by atoms with Crippen molar-refractivity contribution in [1.29, 1.82) is 0 Å². The first-order valence-corrected chi connectivity index (χ1v) is 7.05. The van der Waals surface area contributed by atoms with Crippen LogP contribution in [0.15, 0.2) is 24.4 Å². The van der Waals surface area contributed by atoms with Crippen molar-refractivity contribution in [2.45, 2.75) is 43.4 Å². The normalized spacial score (nSPS) is 34.0. The molecule has 0 saturated carbocycles. The van der Waals surface area contributed by atoms with Gasteiger partial charge in [-0.1, -0.05) is 12.1 Å². The molecule has 2 N–H and O–H groups in total. The van der Waals surface area contributed by atoms with E-state index in [1.165, 1.54) is 12.8 Å². The van der Waals surface area contributed by atoms with Crippen LogP contribution in [0, 0.1) is 0 Å². The summed E-state index contributed by atoms with van der Waals surface area (Å²) < 4.78 is 1.82. The summed E-state index contributed by atoms with van der Waals surface area (Å²) in [6.07, 6.45) is 6.04. The van der Waals surface area contributed by atoms with Crippen LogP contribution in [0.2, 0.25) is 0 Å². The van der Waals surface area contributed by atoms with E-state index in [1.807, 2.05) is 17.9 Å². The quantitative estimate of drug-likeness (QED) is 0.817. The average molecular weight is 257 g/mol. The summed E-state index contributed by atoms with van der Waals surface area (Å²) >= 11 is 0. The van der Waals surface area contributed by atoms with E-state index in [0.717, 1.165) is 29.3 Å². The second-order valence-electron chi connectivity index (χ2n) is 6.15. The van der Waals surface area contributed by atoms with E-state index in [0.29, 0.717) is 12.1 Å². The molecule has 3 heterocycles. The van der Waals surface area contributed by atoms with Gasteiger partial charge in [-0.3, -0.25) is 4.68 Å². The van der Waals surface area contributed by atoms with Crippen molar-refractivity contribution in [2.24, 2.45) is 7.05 Å². The van der Waals surface area contributed by atoms with E-state index in [-0.39, 0.29) is 0 Å². The van der Waals surface area contributed by atoms with Gasteiger partial charge in [0.15, 0.2) is 0 Å². The van der Waals surface area contributed by atoms with Crippen LogP contribution in [0.5, 0.6) is 0 Å². The molecule has 1 aromatic carbocycles. The Bertz CT molecular complexity index is 621. The fourth-order valence-corrected chi connectivity index (χ4v) is 3.79. The molecule has 2 unspecified atom stereocenters. The first-order valence-electron chi connectivity index (χ1n) is 7.05. The molecule has 0 radical (unpaired) electrons. The molecule has 1 aromatic heterocycles. The Morgan fingerprint density at radius 3 is 2.79 bits per heavy atom. The maximum atomic E-state index is 11.0. The number of aryl methyl sites for hydroxylation is 1. The van der Waals surface area contributed by atoms with Crippen LogP contribution in [-0.4, -0.2) is 27.0 Å². The zero-order valence-electron chi connectivity index (χ0n) is 11.1. The molecule has 19 heavy (non-hydrogen) atoms. The van der Waals surface area contributed by atoms with Gasteiger partial charge >= 0.3 is 0 Å². The Labute approximate surface area is 112 Å². The molecule has 0 amide bonds. The van der Waals surface area contributed by atoms with Crippen molar-refractivity contribution in [3.8, 4) is 0 Å². The SMILES string of the molecule is Cn1cc2ccc(C3(O)CC4CCC(C3)N4)cc2n1.